The lowest BCUT2D eigenvalue weighted by molar-refractivity contribution is 0.0983. The van der Waals surface area contributed by atoms with Crippen LogP contribution in [0.3, 0.4) is 0 Å². The van der Waals surface area contributed by atoms with Gasteiger partial charge in [-0.15, -0.1) is 0 Å². The normalized spacial score (nSPS) is 20.7. The van der Waals surface area contributed by atoms with Gasteiger partial charge in [-0.3, -0.25) is 4.31 Å². The number of phenols is 1. The molecule has 0 bridgehead atoms. The van der Waals surface area contributed by atoms with Crippen molar-refractivity contribution in [3.8, 4) is 5.75 Å². The van der Waals surface area contributed by atoms with Crippen molar-refractivity contribution in [2.45, 2.75) is 30.9 Å². The molecule has 0 atom stereocenters. The van der Waals surface area contributed by atoms with Gasteiger partial charge in [0.15, 0.2) is 0 Å². The van der Waals surface area contributed by atoms with Crippen LogP contribution in [-0.4, -0.2) is 38.5 Å². The van der Waals surface area contributed by atoms with Crippen molar-refractivity contribution in [3.05, 3.63) is 23.8 Å². The van der Waals surface area contributed by atoms with E-state index in [1.807, 2.05) is 6.07 Å². The van der Waals surface area contributed by atoms with E-state index in [-0.39, 0.29) is 5.75 Å². The average molecular weight is 297 g/mol. The van der Waals surface area contributed by atoms with Gasteiger partial charge in [0.2, 0.25) is 10.0 Å². The Morgan fingerprint density at radius 3 is 2.75 bits per heavy atom. The highest BCUT2D eigenvalue weighted by atomic mass is 32.2. The van der Waals surface area contributed by atoms with Gasteiger partial charge < -0.3 is 9.84 Å². The maximum Gasteiger partial charge on any atom is 0.238 e. The second-order valence-electron chi connectivity index (χ2n) is 5.32. The zero-order valence-corrected chi connectivity index (χ0v) is 12.1. The standard InChI is InChI=1S/C14H19NO4S/c16-13-5-1-3-11-4-2-8-15(14(11)13)20(17,18)12-6-9-19-10-7-12/h1,3,5,12,16H,2,4,6-10H2. The predicted octanol–water partition coefficient (Wildman–Crippen LogP) is 1.65. The molecule has 2 aliphatic heterocycles. The Labute approximate surface area is 119 Å². The van der Waals surface area contributed by atoms with Crippen molar-refractivity contribution in [1.82, 2.24) is 0 Å². The molecular weight excluding hydrogens is 278 g/mol. The van der Waals surface area contributed by atoms with E-state index in [2.05, 4.69) is 0 Å². The number of hydrogen-bond acceptors (Lipinski definition) is 4. The molecule has 1 fully saturated rings. The molecule has 1 aromatic carbocycles. The van der Waals surface area contributed by atoms with E-state index in [9.17, 15) is 13.5 Å². The van der Waals surface area contributed by atoms with Crippen LogP contribution in [0.4, 0.5) is 5.69 Å². The number of aryl methyl sites for hydroxylation is 1. The molecule has 0 spiro atoms. The Balaban J connectivity index is 1.99. The van der Waals surface area contributed by atoms with E-state index in [1.54, 1.807) is 12.1 Å². The van der Waals surface area contributed by atoms with Crippen LogP contribution in [0.1, 0.15) is 24.8 Å². The van der Waals surface area contributed by atoms with Crippen LogP contribution >= 0.6 is 0 Å². The molecule has 1 saturated heterocycles. The van der Waals surface area contributed by atoms with Gasteiger partial charge in [0.25, 0.3) is 0 Å². The van der Waals surface area contributed by atoms with Crippen LogP contribution in [0.5, 0.6) is 5.75 Å². The molecule has 5 nitrogen and oxygen atoms in total. The van der Waals surface area contributed by atoms with Crippen molar-refractivity contribution in [3.63, 3.8) is 0 Å². The third kappa shape index (κ3) is 2.27. The van der Waals surface area contributed by atoms with E-state index >= 15 is 0 Å². The predicted molar refractivity (Wildman–Crippen MR) is 76.5 cm³/mol. The molecule has 2 aliphatic rings. The summed E-state index contributed by atoms with van der Waals surface area (Å²) in [6.45, 7) is 1.43. The second kappa shape index (κ2) is 5.26. The summed E-state index contributed by atoms with van der Waals surface area (Å²) in [6, 6.07) is 5.20. The quantitative estimate of drug-likeness (QED) is 0.901. The highest BCUT2D eigenvalue weighted by Crippen LogP contribution is 2.38. The molecule has 2 heterocycles. The third-order valence-corrected chi connectivity index (χ3v) is 6.35. The van der Waals surface area contributed by atoms with E-state index in [0.29, 0.717) is 38.3 Å². The van der Waals surface area contributed by atoms with Gasteiger partial charge in [-0.1, -0.05) is 12.1 Å². The summed E-state index contributed by atoms with van der Waals surface area (Å²) in [6.07, 6.45) is 2.66. The maximum atomic E-state index is 12.8. The molecule has 1 N–H and O–H groups in total. The number of hydrogen-bond donors (Lipinski definition) is 1. The minimum atomic E-state index is -3.43. The van der Waals surface area contributed by atoms with Gasteiger partial charge >= 0.3 is 0 Å². The van der Waals surface area contributed by atoms with Crippen LogP contribution in [-0.2, 0) is 21.2 Å². The first kappa shape index (κ1) is 13.7. The largest absolute Gasteiger partial charge is 0.506 e. The Morgan fingerprint density at radius 1 is 1.25 bits per heavy atom. The Morgan fingerprint density at radius 2 is 2.00 bits per heavy atom. The number of para-hydroxylation sites is 1. The van der Waals surface area contributed by atoms with Gasteiger partial charge in [-0.2, -0.15) is 0 Å². The van der Waals surface area contributed by atoms with Crippen molar-refractivity contribution >= 4 is 15.7 Å². The number of fused-ring (bicyclic) bond motifs is 1. The van der Waals surface area contributed by atoms with Gasteiger partial charge in [0.1, 0.15) is 5.75 Å². The molecule has 0 amide bonds. The topological polar surface area (TPSA) is 66.8 Å². The fourth-order valence-electron chi connectivity index (χ4n) is 3.00. The first-order valence-corrected chi connectivity index (χ1v) is 8.51. The smallest absolute Gasteiger partial charge is 0.238 e. The van der Waals surface area contributed by atoms with Crippen LogP contribution in [0.2, 0.25) is 0 Å². The minimum Gasteiger partial charge on any atom is -0.506 e. The molecule has 0 aliphatic carbocycles. The Bertz CT molecular complexity index is 593. The monoisotopic (exact) mass is 297 g/mol. The van der Waals surface area contributed by atoms with Crippen LogP contribution in [0, 0.1) is 0 Å². The summed E-state index contributed by atoms with van der Waals surface area (Å²) in [5.74, 6) is 0.0536. The minimum absolute atomic E-state index is 0.0536. The summed E-state index contributed by atoms with van der Waals surface area (Å²) >= 11 is 0. The number of ether oxygens (including phenoxy) is 1. The first-order chi connectivity index (χ1) is 9.60. The molecular formula is C14H19NO4S. The Kier molecular flexibility index (Phi) is 3.60. The number of phenolic OH excluding ortho intramolecular Hbond substituents is 1. The van der Waals surface area contributed by atoms with Crippen molar-refractivity contribution < 1.29 is 18.3 Å². The molecule has 0 aromatic heterocycles. The number of rotatable bonds is 2. The lowest BCUT2D eigenvalue weighted by Gasteiger charge is -2.35. The molecule has 6 heteroatoms. The molecule has 0 unspecified atom stereocenters. The number of aromatic hydroxyl groups is 1. The molecule has 20 heavy (non-hydrogen) atoms. The summed E-state index contributed by atoms with van der Waals surface area (Å²) in [5, 5.41) is 9.66. The highest BCUT2D eigenvalue weighted by Gasteiger charge is 2.36. The van der Waals surface area contributed by atoms with E-state index in [0.717, 1.165) is 18.4 Å². The first-order valence-electron chi connectivity index (χ1n) is 7.01. The van der Waals surface area contributed by atoms with Crippen molar-refractivity contribution in [1.29, 1.82) is 0 Å². The number of nitrogens with zero attached hydrogens (tertiary/aromatic N) is 1. The fraction of sp³-hybridized carbons (Fsp3) is 0.571. The second-order valence-corrected chi connectivity index (χ2v) is 7.45. The molecule has 0 saturated carbocycles. The fourth-order valence-corrected chi connectivity index (χ4v) is 5.00. The lowest BCUT2D eigenvalue weighted by atomic mass is 10.0. The highest BCUT2D eigenvalue weighted by molar-refractivity contribution is 7.93. The maximum absolute atomic E-state index is 12.8. The van der Waals surface area contributed by atoms with Crippen LogP contribution in [0.25, 0.3) is 0 Å². The van der Waals surface area contributed by atoms with Crippen molar-refractivity contribution in [2.24, 2.45) is 0 Å². The Hall–Kier alpha value is -1.27. The summed E-state index contributed by atoms with van der Waals surface area (Å²) in [4.78, 5) is 0. The van der Waals surface area contributed by atoms with Crippen LogP contribution in [0.15, 0.2) is 18.2 Å². The van der Waals surface area contributed by atoms with Gasteiger partial charge in [-0.25, -0.2) is 8.42 Å². The molecule has 3 rings (SSSR count). The third-order valence-electron chi connectivity index (χ3n) is 4.05. The van der Waals surface area contributed by atoms with E-state index in [4.69, 9.17) is 4.74 Å². The van der Waals surface area contributed by atoms with E-state index in [1.165, 1.54) is 4.31 Å². The summed E-state index contributed by atoms with van der Waals surface area (Å²) in [5.41, 5.74) is 1.39. The summed E-state index contributed by atoms with van der Waals surface area (Å²) in [7, 11) is -3.43. The molecule has 0 radical (unpaired) electrons. The number of sulfonamides is 1. The van der Waals surface area contributed by atoms with Gasteiger partial charge in [0, 0.05) is 19.8 Å². The van der Waals surface area contributed by atoms with E-state index < -0.39 is 15.3 Å². The zero-order valence-electron chi connectivity index (χ0n) is 11.3. The zero-order chi connectivity index (χ0) is 14.2. The van der Waals surface area contributed by atoms with Crippen molar-refractivity contribution in [2.75, 3.05) is 24.1 Å². The molecule has 1 aromatic rings. The van der Waals surface area contributed by atoms with Gasteiger partial charge in [0.05, 0.1) is 10.9 Å². The average Bonchev–Trinajstić information content (AvgIpc) is 2.48. The summed E-state index contributed by atoms with van der Waals surface area (Å²) < 4.78 is 32.3. The SMILES string of the molecule is O=S(=O)(C1CCOCC1)N1CCCc2cccc(O)c21. The van der Waals surface area contributed by atoms with Gasteiger partial charge in [-0.05, 0) is 37.3 Å². The lowest BCUT2D eigenvalue weighted by Crippen LogP contribution is -2.43. The number of anilines is 1. The molecule has 110 valence electrons. The van der Waals surface area contributed by atoms with Crippen LogP contribution < -0.4 is 4.31 Å². The number of benzene rings is 1.